The molecule has 1 saturated heterocycles. The first-order chi connectivity index (χ1) is 13.9. The summed E-state index contributed by atoms with van der Waals surface area (Å²) in [6.07, 6.45) is 2.41. The molecule has 1 unspecified atom stereocenters. The van der Waals surface area contributed by atoms with Crippen LogP contribution in [0.4, 0.5) is 0 Å². The van der Waals surface area contributed by atoms with Crippen molar-refractivity contribution in [3.63, 3.8) is 0 Å². The maximum Gasteiger partial charge on any atom is 0.500 e. The molecule has 1 rings (SSSR count). The van der Waals surface area contributed by atoms with Crippen molar-refractivity contribution in [2.75, 3.05) is 41.2 Å². The summed E-state index contributed by atoms with van der Waals surface area (Å²) >= 11 is 0. The van der Waals surface area contributed by atoms with E-state index in [2.05, 4.69) is 0 Å². The lowest BCUT2D eigenvalue weighted by atomic mass is 9.91. The lowest BCUT2D eigenvalue weighted by molar-refractivity contribution is -0.155. The Morgan fingerprint density at radius 3 is 1.70 bits per heavy atom. The van der Waals surface area contributed by atoms with Gasteiger partial charge in [0, 0.05) is 27.4 Å². The van der Waals surface area contributed by atoms with Crippen LogP contribution in [0.1, 0.15) is 60.8 Å². The van der Waals surface area contributed by atoms with Gasteiger partial charge in [-0.1, -0.05) is 13.8 Å². The SMILES string of the molecule is CCC(C)(C)C(=O)OCC1CO1.CCC(C)(C)C(=O)OCCC[Si](OC)(OC)OC. The molecule has 0 aromatic heterocycles. The summed E-state index contributed by atoms with van der Waals surface area (Å²) in [5, 5.41) is 0. The third kappa shape index (κ3) is 10.3. The first-order valence-corrected chi connectivity index (χ1v) is 12.5. The quantitative estimate of drug-likeness (QED) is 0.182. The molecule has 0 saturated carbocycles. The summed E-state index contributed by atoms with van der Waals surface area (Å²) < 4.78 is 31.1. The van der Waals surface area contributed by atoms with Gasteiger partial charge in [-0.2, -0.15) is 0 Å². The Kier molecular flexibility index (Phi) is 13.0. The maximum absolute atomic E-state index is 11.7. The van der Waals surface area contributed by atoms with E-state index in [1.807, 2.05) is 41.5 Å². The van der Waals surface area contributed by atoms with Crippen molar-refractivity contribution in [3.8, 4) is 0 Å². The van der Waals surface area contributed by atoms with Gasteiger partial charge in [0.25, 0.3) is 0 Å². The number of rotatable bonds is 13. The van der Waals surface area contributed by atoms with Crippen LogP contribution in [0.5, 0.6) is 0 Å². The predicted octanol–water partition coefficient (Wildman–Crippen LogP) is 3.60. The van der Waals surface area contributed by atoms with E-state index in [1.165, 1.54) is 0 Å². The predicted molar refractivity (Wildman–Crippen MR) is 116 cm³/mol. The Hall–Kier alpha value is -1.00. The van der Waals surface area contributed by atoms with Gasteiger partial charge in [0.15, 0.2) is 0 Å². The van der Waals surface area contributed by atoms with E-state index in [9.17, 15) is 9.59 Å². The molecule has 1 fully saturated rings. The summed E-state index contributed by atoms with van der Waals surface area (Å²) in [7, 11) is 2.19. The maximum atomic E-state index is 11.7. The molecule has 1 heterocycles. The van der Waals surface area contributed by atoms with Crippen LogP contribution >= 0.6 is 0 Å². The van der Waals surface area contributed by atoms with E-state index in [1.54, 1.807) is 21.3 Å². The number of hydrogen-bond acceptors (Lipinski definition) is 8. The van der Waals surface area contributed by atoms with E-state index in [0.29, 0.717) is 25.7 Å². The highest BCUT2D eigenvalue weighted by Crippen LogP contribution is 2.23. The minimum absolute atomic E-state index is 0.125. The number of esters is 2. The van der Waals surface area contributed by atoms with Gasteiger partial charge in [0.2, 0.25) is 0 Å². The lowest BCUT2D eigenvalue weighted by Gasteiger charge is -2.24. The van der Waals surface area contributed by atoms with Gasteiger partial charge < -0.3 is 27.5 Å². The van der Waals surface area contributed by atoms with Crippen LogP contribution in [0.2, 0.25) is 6.04 Å². The summed E-state index contributed by atoms with van der Waals surface area (Å²) in [5.41, 5.74) is -0.771. The molecule has 8 nitrogen and oxygen atoms in total. The summed E-state index contributed by atoms with van der Waals surface area (Å²) in [6.45, 7) is 13.0. The van der Waals surface area contributed by atoms with Crippen molar-refractivity contribution in [3.05, 3.63) is 0 Å². The van der Waals surface area contributed by atoms with Gasteiger partial charge in [0.1, 0.15) is 12.7 Å². The van der Waals surface area contributed by atoms with E-state index in [4.69, 9.17) is 27.5 Å². The van der Waals surface area contributed by atoms with E-state index >= 15 is 0 Å². The molecule has 1 atom stereocenters. The summed E-state index contributed by atoms with van der Waals surface area (Å²) in [5.74, 6) is -0.287. The van der Waals surface area contributed by atoms with Gasteiger partial charge in [-0.15, -0.1) is 0 Å². The lowest BCUT2D eigenvalue weighted by Crippen LogP contribution is -2.42. The van der Waals surface area contributed by atoms with Gasteiger partial charge >= 0.3 is 20.7 Å². The monoisotopic (exact) mass is 450 g/mol. The van der Waals surface area contributed by atoms with Crippen LogP contribution < -0.4 is 0 Å². The molecule has 1 aliphatic rings. The topological polar surface area (TPSA) is 92.8 Å². The highest BCUT2D eigenvalue weighted by molar-refractivity contribution is 6.60. The second kappa shape index (κ2) is 13.4. The standard InChI is InChI=1S/C12H26O5Si.C9H16O3/c1-7-12(2,3)11(13)17-9-8-10-18(14-4,15-5)16-6;1-4-9(2,3)8(10)12-6-7-5-11-7/h7-10H2,1-6H3;7H,4-6H2,1-3H3. The zero-order valence-corrected chi connectivity index (χ0v) is 21.3. The third-order valence-corrected chi connectivity index (χ3v) is 8.30. The van der Waals surface area contributed by atoms with E-state index < -0.39 is 14.2 Å². The van der Waals surface area contributed by atoms with E-state index in [-0.39, 0.29) is 23.5 Å². The fraction of sp³-hybridized carbons (Fsp3) is 0.905. The van der Waals surface area contributed by atoms with Gasteiger partial charge in [0.05, 0.1) is 24.0 Å². The number of hydrogen-bond donors (Lipinski definition) is 0. The molecule has 9 heteroatoms. The van der Waals surface area contributed by atoms with Crippen LogP contribution in [0.25, 0.3) is 0 Å². The number of epoxide rings is 1. The summed E-state index contributed by atoms with van der Waals surface area (Å²) in [6, 6.07) is 0.635. The Balaban J connectivity index is 0.000000604. The first kappa shape index (κ1) is 29.0. The molecule has 0 aromatic carbocycles. The minimum Gasteiger partial charge on any atom is -0.465 e. The van der Waals surface area contributed by atoms with Crippen LogP contribution in [-0.4, -0.2) is 68.0 Å². The Morgan fingerprint density at radius 1 is 0.900 bits per heavy atom. The zero-order chi connectivity index (χ0) is 23.4. The molecular weight excluding hydrogens is 408 g/mol. The van der Waals surface area contributed by atoms with Crippen molar-refractivity contribution in [1.29, 1.82) is 0 Å². The Morgan fingerprint density at radius 2 is 1.33 bits per heavy atom. The fourth-order valence-electron chi connectivity index (χ4n) is 2.02. The molecule has 0 N–H and O–H groups in total. The van der Waals surface area contributed by atoms with Crippen molar-refractivity contribution >= 4 is 20.7 Å². The van der Waals surface area contributed by atoms with Crippen LogP contribution in [-0.2, 0) is 37.1 Å². The molecule has 0 aliphatic carbocycles. The van der Waals surface area contributed by atoms with Crippen molar-refractivity contribution < 1.29 is 37.1 Å². The molecule has 0 amide bonds. The van der Waals surface area contributed by atoms with Gasteiger partial charge in [-0.25, -0.2) is 0 Å². The second-order valence-electron chi connectivity index (χ2n) is 8.56. The van der Waals surface area contributed by atoms with Crippen LogP contribution in [0, 0.1) is 10.8 Å². The largest absolute Gasteiger partial charge is 0.500 e. The van der Waals surface area contributed by atoms with Crippen LogP contribution in [0.3, 0.4) is 0 Å². The van der Waals surface area contributed by atoms with Gasteiger partial charge in [-0.3, -0.25) is 9.59 Å². The average molecular weight is 451 g/mol. The van der Waals surface area contributed by atoms with Crippen molar-refractivity contribution in [2.45, 2.75) is 73.0 Å². The van der Waals surface area contributed by atoms with E-state index in [0.717, 1.165) is 19.4 Å². The molecular formula is C21H42O8Si. The number of carbonyl (C=O) groups is 2. The molecule has 30 heavy (non-hydrogen) atoms. The normalized spacial score (nSPS) is 16.4. The molecule has 0 spiro atoms. The van der Waals surface area contributed by atoms with Crippen LogP contribution in [0.15, 0.2) is 0 Å². The average Bonchev–Trinajstić information content (AvgIpc) is 3.57. The smallest absolute Gasteiger partial charge is 0.465 e. The first-order valence-electron chi connectivity index (χ1n) is 10.5. The molecule has 178 valence electrons. The minimum atomic E-state index is -2.53. The van der Waals surface area contributed by atoms with Gasteiger partial charge in [-0.05, 0) is 47.0 Å². The number of carbonyl (C=O) groups excluding carboxylic acids is 2. The molecule has 0 aromatic rings. The molecule has 1 aliphatic heterocycles. The second-order valence-corrected chi connectivity index (χ2v) is 11.7. The van der Waals surface area contributed by atoms with Crippen molar-refractivity contribution in [2.24, 2.45) is 10.8 Å². The Bertz CT molecular complexity index is 505. The molecule has 0 bridgehead atoms. The highest BCUT2D eigenvalue weighted by atomic mass is 28.4. The number of ether oxygens (including phenoxy) is 3. The van der Waals surface area contributed by atoms with Crippen molar-refractivity contribution in [1.82, 2.24) is 0 Å². The highest BCUT2D eigenvalue weighted by Gasteiger charge is 2.37. The zero-order valence-electron chi connectivity index (χ0n) is 20.3. The summed E-state index contributed by atoms with van der Waals surface area (Å²) in [4.78, 5) is 23.1. The Labute approximate surface area is 183 Å². The molecule has 0 radical (unpaired) electrons. The fourth-order valence-corrected chi connectivity index (χ4v) is 3.71. The third-order valence-electron chi connectivity index (χ3n) is 5.47.